The zero-order chi connectivity index (χ0) is 9.52. The lowest BCUT2D eigenvalue weighted by atomic mass is 10.2. The molecular formula is C12H18N. The Balaban J connectivity index is 2.56. The average Bonchev–Trinajstić information content (AvgIpc) is 2.21. The van der Waals surface area contributed by atoms with Crippen molar-refractivity contribution in [2.75, 3.05) is 18.0 Å². The number of unbranched alkanes of at least 4 members (excludes halogenated alkanes) is 1. The van der Waals surface area contributed by atoms with Crippen LogP contribution in [-0.4, -0.2) is 13.1 Å². The zero-order valence-electron chi connectivity index (χ0n) is 8.59. The van der Waals surface area contributed by atoms with E-state index >= 15 is 0 Å². The standard InChI is InChI=1S/C12H18N/c1-3-5-11-13(4-2)12-9-7-6-8-10-12/h7-10H,3-5,11H2,1-2H3. The second-order valence-electron chi connectivity index (χ2n) is 3.19. The molecule has 0 aliphatic heterocycles. The van der Waals surface area contributed by atoms with Gasteiger partial charge in [-0.15, -0.1) is 0 Å². The lowest BCUT2D eigenvalue weighted by Crippen LogP contribution is -2.23. The van der Waals surface area contributed by atoms with E-state index in [2.05, 4.69) is 36.9 Å². The summed E-state index contributed by atoms with van der Waals surface area (Å²) in [5.74, 6) is 0. The molecule has 1 aromatic rings. The second kappa shape index (κ2) is 5.63. The van der Waals surface area contributed by atoms with Crippen LogP contribution in [0.15, 0.2) is 24.3 Å². The third kappa shape index (κ3) is 3.10. The molecule has 0 N–H and O–H groups in total. The summed E-state index contributed by atoms with van der Waals surface area (Å²) in [6.45, 7) is 6.68. The Morgan fingerprint density at radius 1 is 1.23 bits per heavy atom. The molecule has 13 heavy (non-hydrogen) atoms. The Morgan fingerprint density at radius 2 is 1.92 bits per heavy atom. The molecule has 0 amide bonds. The third-order valence-corrected chi connectivity index (χ3v) is 2.23. The van der Waals surface area contributed by atoms with Crippen LogP contribution < -0.4 is 4.90 Å². The Bertz CT molecular complexity index is 218. The topological polar surface area (TPSA) is 3.24 Å². The first-order valence-corrected chi connectivity index (χ1v) is 5.09. The summed E-state index contributed by atoms with van der Waals surface area (Å²) in [5.41, 5.74) is 1.31. The molecular weight excluding hydrogens is 158 g/mol. The molecule has 0 unspecified atom stereocenters. The normalized spacial score (nSPS) is 10.0. The van der Waals surface area contributed by atoms with Crippen molar-refractivity contribution in [2.24, 2.45) is 0 Å². The third-order valence-electron chi connectivity index (χ3n) is 2.23. The van der Waals surface area contributed by atoms with Gasteiger partial charge in [0.2, 0.25) is 0 Å². The van der Waals surface area contributed by atoms with Gasteiger partial charge in [0.25, 0.3) is 0 Å². The van der Waals surface area contributed by atoms with Gasteiger partial charge < -0.3 is 4.90 Å². The molecule has 0 fully saturated rings. The van der Waals surface area contributed by atoms with E-state index < -0.39 is 0 Å². The van der Waals surface area contributed by atoms with E-state index in [1.807, 2.05) is 12.1 Å². The molecule has 1 radical (unpaired) electrons. The van der Waals surface area contributed by atoms with Gasteiger partial charge in [-0.1, -0.05) is 25.5 Å². The first kappa shape index (κ1) is 10.1. The molecule has 0 atom stereocenters. The van der Waals surface area contributed by atoms with Gasteiger partial charge in [0.15, 0.2) is 0 Å². The highest BCUT2D eigenvalue weighted by molar-refractivity contribution is 5.45. The average molecular weight is 176 g/mol. The molecule has 71 valence electrons. The summed E-state index contributed by atoms with van der Waals surface area (Å²) >= 11 is 0. The molecule has 1 aromatic carbocycles. The number of anilines is 1. The van der Waals surface area contributed by atoms with Gasteiger partial charge in [-0.3, -0.25) is 0 Å². The van der Waals surface area contributed by atoms with Crippen molar-refractivity contribution < 1.29 is 0 Å². The lowest BCUT2D eigenvalue weighted by Gasteiger charge is -2.22. The fourth-order valence-corrected chi connectivity index (χ4v) is 1.41. The van der Waals surface area contributed by atoms with Gasteiger partial charge in [0.1, 0.15) is 0 Å². The number of hydrogen-bond donors (Lipinski definition) is 0. The molecule has 0 spiro atoms. The second-order valence-corrected chi connectivity index (χ2v) is 3.19. The van der Waals surface area contributed by atoms with Crippen LogP contribution in [-0.2, 0) is 0 Å². The van der Waals surface area contributed by atoms with E-state index in [0.717, 1.165) is 13.1 Å². The molecule has 0 saturated carbocycles. The highest BCUT2D eigenvalue weighted by atomic mass is 15.1. The van der Waals surface area contributed by atoms with Crippen LogP contribution in [0.2, 0.25) is 0 Å². The first-order chi connectivity index (χ1) is 6.38. The lowest BCUT2D eigenvalue weighted by molar-refractivity contribution is 0.732. The van der Waals surface area contributed by atoms with E-state index in [4.69, 9.17) is 0 Å². The quantitative estimate of drug-likeness (QED) is 0.666. The van der Waals surface area contributed by atoms with Crippen molar-refractivity contribution in [3.8, 4) is 0 Å². The van der Waals surface area contributed by atoms with Gasteiger partial charge in [-0.2, -0.15) is 0 Å². The van der Waals surface area contributed by atoms with Gasteiger partial charge in [0, 0.05) is 18.8 Å². The largest absolute Gasteiger partial charge is 0.372 e. The van der Waals surface area contributed by atoms with Crippen LogP contribution >= 0.6 is 0 Å². The van der Waals surface area contributed by atoms with Crippen LogP contribution in [0.4, 0.5) is 5.69 Å². The van der Waals surface area contributed by atoms with E-state index in [0.29, 0.717) is 0 Å². The summed E-state index contributed by atoms with van der Waals surface area (Å²) in [4.78, 5) is 2.40. The van der Waals surface area contributed by atoms with Gasteiger partial charge in [-0.25, -0.2) is 0 Å². The smallest absolute Gasteiger partial charge is 0.0366 e. The molecule has 0 saturated heterocycles. The fourth-order valence-electron chi connectivity index (χ4n) is 1.41. The molecule has 0 aromatic heterocycles. The van der Waals surface area contributed by atoms with Crippen molar-refractivity contribution in [1.29, 1.82) is 0 Å². The Kier molecular flexibility index (Phi) is 4.37. The Hall–Kier alpha value is -0.980. The van der Waals surface area contributed by atoms with Gasteiger partial charge >= 0.3 is 0 Å². The van der Waals surface area contributed by atoms with Crippen LogP contribution in [0.25, 0.3) is 0 Å². The van der Waals surface area contributed by atoms with Crippen molar-refractivity contribution >= 4 is 5.69 Å². The van der Waals surface area contributed by atoms with E-state index in [1.165, 1.54) is 18.5 Å². The molecule has 0 aliphatic carbocycles. The molecule has 0 bridgehead atoms. The van der Waals surface area contributed by atoms with Gasteiger partial charge in [0.05, 0.1) is 0 Å². The maximum atomic E-state index is 3.04. The maximum absolute atomic E-state index is 3.04. The Morgan fingerprint density at radius 3 is 2.46 bits per heavy atom. The van der Waals surface area contributed by atoms with E-state index in [1.54, 1.807) is 0 Å². The summed E-state index contributed by atoms with van der Waals surface area (Å²) in [6.07, 6.45) is 2.53. The molecule has 1 heteroatoms. The van der Waals surface area contributed by atoms with Crippen molar-refractivity contribution in [1.82, 2.24) is 0 Å². The minimum absolute atomic E-state index is 1.09. The van der Waals surface area contributed by atoms with Crippen molar-refractivity contribution in [2.45, 2.75) is 26.7 Å². The summed E-state index contributed by atoms with van der Waals surface area (Å²) in [7, 11) is 0. The van der Waals surface area contributed by atoms with Crippen molar-refractivity contribution in [3.63, 3.8) is 0 Å². The number of rotatable bonds is 5. The molecule has 0 heterocycles. The predicted molar refractivity (Wildman–Crippen MR) is 58.1 cm³/mol. The Labute approximate surface area is 81.4 Å². The van der Waals surface area contributed by atoms with Crippen LogP contribution in [0, 0.1) is 6.07 Å². The number of nitrogens with zero attached hydrogens (tertiary/aromatic N) is 1. The minimum atomic E-state index is 1.09. The summed E-state index contributed by atoms with van der Waals surface area (Å²) < 4.78 is 0. The highest BCUT2D eigenvalue weighted by Gasteiger charge is 2.00. The molecule has 1 rings (SSSR count). The highest BCUT2D eigenvalue weighted by Crippen LogP contribution is 2.12. The first-order valence-electron chi connectivity index (χ1n) is 5.09. The minimum Gasteiger partial charge on any atom is -0.372 e. The number of hydrogen-bond acceptors (Lipinski definition) is 1. The van der Waals surface area contributed by atoms with Crippen LogP contribution in [0.1, 0.15) is 26.7 Å². The molecule has 0 aliphatic rings. The zero-order valence-corrected chi connectivity index (χ0v) is 8.59. The number of benzene rings is 1. The predicted octanol–water partition coefficient (Wildman–Crippen LogP) is 3.11. The van der Waals surface area contributed by atoms with Gasteiger partial charge in [-0.05, 0) is 31.5 Å². The summed E-state index contributed by atoms with van der Waals surface area (Å²) in [6, 6.07) is 11.2. The van der Waals surface area contributed by atoms with E-state index in [-0.39, 0.29) is 0 Å². The SMILES string of the molecule is CCCCN(CC)c1cc[c]cc1. The monoisotopic (exact) mass is 176 g/mol. The van der Waals surface area contributed by atoms with Crippen LogP contribution in [0.3, 0.4) is 0 Å². The van der Waals surface area contributed by atoms with Crippen LogP contribution in [0.5, 0.6) is 0 Å². The maximum Gasteiger partial charge on any atom is 0.0366 e. The van der Waals surface area contributed by atoms with Crippen molar-refractivity contribution in [3.05, 3.63) is 30.3 Å². The molecule has 1 nitrogen and oxygen atoms in total. The fraction of sp³-hybridized carbons (Fsp3) is 0.500. The summed E-state index contributed by atoms with van der Waals surface area (Å²) in [5, 5.41) is 0. The van der Waals surface area contributed by atoms with E-state index in [9.17, 15) is 0 Å².